The lowest BCUT2D eigenvalue weighted by Crippen LogP contribution is -1.99. The molecule has 0 aliphatic carbocycles. The van der Waals surface area contributed by atoms with E-state index in [9.17, 15) is 8.78 Å². The first-order chi connectivity index (χ1) is 8.54. The Morgan fingerprint density at radius 3 is 2.56 bits per heavy atom. The van der Waals surface area contributed by atoms with Gasteiger partial charge in [-0.05, 0) is 13.8 Å². The largest absolute Gasteiger partial charge is 0.270 e. The molecule has 0 spiro atoms. The fraction of sp³-hybridized carbons (Fsp3) is 0.214. The topological polar surface area (TPSA) is 17.8 Å². The highest BCUT2D eigenvalue weighted by atomic mass is 19.2. The molecule has 1 aromatic carbocycles. The summed E-state index contributed by atoms with van der Waals surface area (Å²) in [5.74, 6) is -1.74. The van der Waals surface area contributed by atoms with Gasteiger partial charge in [0.1, 0.15) is 0 Å². The normalized spacial score (nSPS) is 10.9. The van der Waals surface area contributed by atoms with Crippen LogP contribution in [0.1, 0.15) is 25.5 Å². The van der Waals surface area contributed by atoms with Crippen LogP contribution in [0.15, 0.2) is 31.1 Å². The summed E-state index contributed by atoms with van der Waals surface area (Å²) in [7, 11) is 0. The second-order valence-electron chi connectivity index (χ2n) is 4.34. The average Bonchev–Trinajstić information content (AvgIpc) is 2.82. The standard InChI is InChI=1S/C14H14F2N2/c1-4-10-5-6-12(14(16)13(10)15)11-7-17-18(8-11)9(2)3/h4-9H,1H2,2-3H3. The summed E-state index contributed by atoms with van der Waals surface area (Å²) in [6, 6.07) is 3.23. The Morgan fingerprint density at radius 1 is 1.28 bits per heavy atom. The fourth-order valence-corrected chi connectivity index (χ4v) is 1.70. The van der Waals surface area contributed by atoms with Gasteiger partial charge in [-0.2, -0.15) is 5.10 Å². The maximum absolute atomic E-state index is 13.9. The molecule has 0 amide bonds. The van der Waals surface area contributed by atoms with Gasteiger partial charge in [-0.1, -0.05) is 24.8 Å². The third-order valence-electron chi connectivity index (χ3n) is 2.77. The molecule has 0 aliphatic heterocycles. The molecule has 2 nitrogen and oxygen atoms in total. The van der Waals surface area contributed by atoms with E-state index in [1.54, 1.807) is 10.9 Å². The number of hydrogen-bond donors (Lipinski definition) is 0. The van der Waals surface area contributed by atoms with Crippen molar-refractivity contribution in [2.24, 2.45) is 0 Å². The van der Waals surface area contributed by atoms with Gasteiger partial charge in [0, 0.05) is 28.9 Å². The Balaban J connectivity index is 2.50. The first kappa shape index (κ1) is 12.5. The average molecular weight is 248 g/mol. The fourth-order valence-electron chi connectivity index (χ4n) is 1.70. The first-order valence-electron chi connectivity index (χ1n) is 5.69. The molecule has 1 aromatic heterocycles. The first-order valence-corrected chi connectivity index (χ1v) is 5.69. The van der Waals surface area contributed by atoms with Crippen LogP contribution >= 0.6 is 0 Å². The van der Waals surface area contributed by atoms with Gasteiger partial charge in [0.2, 0.25) is 0 Å². The quantitative estimate of drug-likeness (QED) is 0.801. The predicted molar refractivity (Wildman–Crippen MR) is 68.1 cm³/mol. The van der Waals surface area contributed by atoms with Gasteiger partial charge < -0.3 is 0 Å². The second-order valence-corrected chi connectivity index (χ2v) is 4.34. The summed E-state index contributed by atoms with van der Waals surface area (Å²) in [6.45, 7) is 7.37. The van der Waals surface area contributed by atoms with Crippen LogP contribution in [0.25, 0.3) is 17.2 Å². The van der Waals surface area contributed by atoms with Crippen LogP contribution in [0.4, 0.5) is 8.78 Å². The minimum Gasteiger partial charge on any atom is -0.270 e. The molecule has 2 aromatic rings. The van der Waals surface area contributed by atoms with E-state index in [4.69, 9.17) is 0 Å². The third kappa shape index (κ3) is 2.06. The molecule has 2 rings (SSSR count). The zero-order valence-electron chi connectivity index (χ0n) is 10.3. The Labute approximate surface area is 105 Å². The SMILES string of the molecule is C=Cc1ccc(-c2cnn(C(C)C)c2)c(F)c1F. The van der Waals surface area contributed by atoms with Crippen molar-refractivity contribution in [1.82, 2.24) is 9.78 Å². The highest BCUT2D eigenvalue weighted by molar-refractivity contribution is 5.65. The molecule has 0 unspecified atom stereocenters. The van der Waals surface area contributed by atoms with Crippen LogP contribution in [0, 0.1) is 11.6 Å². The molecule has 0 atom stereocenters. The Morgan fingerprint density at radius 2 is 2.00 bits per heavy atom. The van der Waals surface area contributed by atoms with Gasteiger partial charge in [-0.15, -0.1) is 0 Å². The molecule has 0 radical (unpaired) electrons. The lowest BCUT2D eigenvalue weighted by Gasteiger charge is -2.05. The highest BCUT2D eigenvalue weighted by Crippen LogP contribution is 2.27. The summed E-state index contributed by atoms with van der Waals surface area (Å²) in [5.41, 5.74) is 0.938. The van der Waals surface area contributed by atoms with Crippen LogP contribution in [0.5, 0.6) is 0 Å². The Bertz CT molecular complexity index is 585. The number of benzene rings is 1. The minimum absolute atomic E-state index is 0.160. The van der Waals surface area contributed by atoms with Crippen LogP contribution in [0.2, 0.25) is 0 Å². The third-order valence-corrected chi connectivity index (χ3v) is 2.77. The van der Waals surface area contributed by atoms with Crippen LogP contribution < -0.4 is 0 Å². The molecular weight excluding hydrogens is 234 g/mol. The van der Waals surface area contributed by atoms with E-state index in [0.717, 1.165) is 0 Å². The number of hydrogen-bond acceptors (Lipinski definition) is 1. The van der Waals surface area contributed by atoms with Crippen molar-refractivity contribution in [3.8, 4) is 11.1 Å². The molecule has 94 valence electrons. The highest BCUT2D eigenvalue weighted by Gasteiger charge is 2.14. The van der Waals surface area contributed by atoms with Crippen molar-refractivity contribution >= 4 is 6.08 Å². The monoisotopic (exact) mass is 248 g/mol. The van der Waals surface area contributed by atoms with Crippen molar-refractivity contribution in [3.05, 3.63) is 48.3 Å². The number of halogens is 2. The lowest BCUT2D eigenvalue weighted by atomic mass is 10.1. The molecule has 18 heavy (non-hydrogen) atoms. The van der Waals surface area contributed by atoms with Crippen molar-refractivity contribution in [2.75, 3.05) is 0 Å². The Hall–Kier alpha value is -1.97. The van der Waals surface area contributed by atoms with E-state index in [2.05, 4.69) is 11.7 Å². The predicted octanol–water partition coefficient (Wildman–Crippen LogP) is 4.05. The summed E-state index contributed by atoms with van der Waals surface area (Å²) in [6.07, 6.45) is 4.53. The molecule has 0 aliphatic rings. The summed E-state index contributed by atoms with van der Waals surface area (Å²) >= 11 is 0. The van der Waals surface area contributed by atoms with Gasteiger partial charge >= 0.3 is 0 Å². The molecule has 0 saturated heterocycles. The zero-order chi connectivity index (χ0) is 13.3. The van der Waals surface area contributed by atoms with Crippen LogP contribution in [-0.2, 0) is 0 Å². The van der Waals surface area contributed by atoms with Gasteiger partial charge in [0.25, 0.3) is 0 Å². The van der Waals surface area contributed by atoms with E-state index in [1.807, 2.05) is 13.8 Å². The molecule has 0 bridgehead atoms. The summed E-state index contributed by atoms with van der Waals surface area (Å²) in [5, 5.41) is 4.11. The lowest BCUT2D eigenvalue weighted by molar-refractivity contribution is 0.509. The van der Waals surface area contributed by atoms with Crippen molar-refractivity contribution in [3.63, 3.8) is 0 Å². The number of nitrogens with zero attached hydrogens (tertiary/aromatic N) is 2. The van der Waals surface area contributed by atoms with E-state index >= 15 is 0 Å². The minimum atomic E-state index is -0.875. The summed E-state index contributed by atoms with van der Waals surface area (Å²) < 4.78 is 29.2. The summed E-state index contributed by atoms with van der Waals surface area (Å²) in [4.78, 5) is 0. The second kappa shape index (κ2) is 4.72. The van der Waals surface area contributed by atoms with Crippen LogP contribution in [0.3, 0.4) is 0 Å². The van der Waals surface area contributed by atoms with Crippen molar-refractivity contribution in [1.29, 1.82) is 0 Å². The van der Waals surface area contributed by atoms with E-state index in [-0.39, 0.29) is 17.2 Å². The molecular formula is C14H14F2N2. The van der Waals surface area contributed by atoms with E-state index in [0.29, 0.717) is 5.56 Å². The van der Waals surface area contributed by atoms with Gasteiger partial charge in [0.05, 0.1) is 6.20 Å². The smallest absolute Gasteiger partial charge is 0.167 e. The molecule has 0 fully saturated rings. The van der Waals surface area contributed by atoms with Gasteiger partial charge in [0.15, 0.2) is 11.6 Å². The van der Waals surface area contributed by atoms with Crippen molar-refractivity contribution in [2.45, 2.75) is 19.9 Å². The molecule has 0 N–H and O–H groups in total. The number of rotatable bonds is 3. The maximum atomic E-state index is 13.9. The Kier molecular flexibility index (Phi) is 3.28. The van der Waals surface area contributed by atoms with Gasteiger partial charge in [-0.3, -0.25) is 4.68 Å². The number of aromatic nitrogens is 2. The zero-order valence-corrected chi connectivity index (χ0v) is 10.3. The molecule has 0 saturated carbocycles. The molecule has 4 heteroatoms. The van der Waals surface area contributed by atoms with E-state index in [1.165, 1.54) is 24.4 Å². The van der Waals surface area contributed by atoms with Crippen LogP contribution in [-0.4, -0.2) is 9.78 Å². The van der Waals surface area contributed by atoms with Gasteiger partial charge in [-0.25, -0.2) is 8.78 Å². The van der Waals surface area contributed by atoms with Crippen molar-refractivity contribution < 1.29 is 8.78 Å². The van der Waals surface area contributed by atoms with E-state index < -0.39 is 11.6 Å². The maximum Gasteiger partial charge on any atom is 0.167 e. The molecule has 1 heterocycles.